The molecule has 0 aliphatic heterocycles. The number of aliphatic hydroxyl groups excluding tert-OH is 1. The van der Waals surface area contributed by atoms with Crippen molar-refractivity contribution >= 4 is 17.7 Å². The van der Waals surface area contributed by atoms with Gasteiger partial charge in [0.15, 0.2) is 0 Å². The van der Waals surface area contributed by atoms with Gasteiger partial charge in [0.05, 0.1) is 0 Å². The van der Waals surface area contributed by atoms with E-state index in [9.17, 15) is 4.79 Å². The molecule has 0 atom stereocenters. The number of rotatable bonds is 7. The molecule has 1 rings (SSSR count). The molecule has 0 bridgehead atoms. The molecule has 0 aromatic heterocycles. The molecule has 0 saturated heterocycles. The summed E-state index contributed by atoms with van der Waals surface area (Å²) in [6.45, 7) is 0.969. The van der Waals surface area contributed by atoms with Crippen molar-refractivity contribution < 1.29 is 9.90 Å². The lowest BCUT2D eigenvalue weighted by atomic mass is 10.2. The van der Waals surface area contributed by atoms with E-state index in [1.54, 1.807) is 16.7 Å². The lowest BCUT2D eigenvalue weighted by Gasteiger charge is -2.17. The highest BCUT2D eigenvalue weighted by Gasteiger charge is 2.10. The standard InChI is InChI=1S/C14H21NO2S/c1-15(10-4-3-5-11-16)14(17)12-6-8-13(18-2)9-7-12/h6-9,16H,3-5,10-11H2,1-2H3. The number of thioether (sulfide) groups is 1. The first-order valence-corrected chi connectivity index (χ1v) is 7.42. The molecule has 0 unspecified atom stereocenters. The number of nitrogens with zero attached hydrogens (tertiary/aromatic N) is 1. The smallest absolute Gasteiger partial charge is 0.253 e. The molecule has 0 fully saturated rings. The summed E-state index contributed by atoms with van der Waals surface area (Å²) >= 11 is 1.67. The average molecular weight is 267 g/mol. The van der Waals surface area contributed by atoms with Gasteiger partial charge >= 0.3 is 0 Å². The first kappa shape index (κ1) is 15.1. The van der Waals surface area contributed by atoms with Gasteiger partial charge in [0.2, 0.25) is 0 Å². The summed E-state index contributed by atoms with van der Waals surface area (Å²) in [5, 5.41) is 8.69. The van der Waals surface area contributed by atoms with Gasteiger partial charge in [0.25, 0.3) is 5.91 Å². The Kier molecular flexibility index (Phi) is 6.83. The molecule has 0 radical (unpaired) electrons. The van der Waals surface area contributed by atoms with Crippen LogP contribution in [0.1, 0.15) is 29.6 Å². The molecule has 0 spiro atoms. The molecule has 0 heterocycles. The number of carbonyl (C=O) groups excluding carboxylic acids is 1. The number of benzene rings is 1. The number of unbranched alkanes of at least 4 members (excludes halogenated alkanes) is 2. The normalized spacial score (nSPS) is 10.4. The first-order chi connectivity index (χ1) is 8.69. The Morgan fingerprint density at radius 1 is 1.22 bits per heavy atom. The third-order valence-corrected chi connectivity index (χ3v) is 3.58. The number of hydrogen-bond acceptors (Lipinski definition) is 3. The van der Waals surface area contributed by atoms with Gasteiger partial charge < -0.3 is 10.0 Å². The van der Waals surface area contributed by atoms with Gasteiger partial charge in [-0.1, -0.05) is 0 Å². The van der Waals surface area contributed by atoms with Gasteiger partial charge in [0, 0.05) is 30.7 Å². The summed E-state index contributed by atoms with van der Waals surface area (Å²) in [5.74, 6) is 0.0617. The second-order valence-electron chi connectivity index (χ2n) is 4.24. The maximum atomic E-state index is 12.1. The highest BCUT2D eigenvalue weighted by atomic mass is 32.2. The maximum absolute atomic E-state index is 12.1. The van der Waals surface area contributed by atoms with Crippen LogP contribution in [0.3, 0.4) is 0 Å². The fourth-order valence-corrected chi connectivity index (χ4v) is 2.10. The van der Waals surface area contributed by atoms with Crippen LogP contribution in [0.5, 0.6) is 0 Å². The van der Waals surface area contributed by atoms with Gasteiger partial charge in [-0.15, -0.1) is 11.8 Å². The van der Waals surface area contributed by atoms with E-state index >= 15 is 0 Å². The summed E-state index contributed by atoms with van der Waals surface area (Å²) in [6, 6.07) is 7.69. The van der Waals surface area contributed by atoms with Crippen molar-refractivity contribution in [2.75, 3.05) is 26.5 Å². The molecule has 18 heavy (non-hydrogen) atoms. The van der Waals surface area contributed by atoms with Crippen LogP contribution in [0.15, 0.2) is 29.2 Å². The summed E-state index contributed by atoms with van der Waals surface area (Å²) < 4.78 is 0. The molecule has 1 aromatic rings. The van der Waals surface area contributed by atoms with E-state index in [-0.39, 0.29) is 12.5 Å². The minimum Gasteiger partial charge on any atom is -0.396 e. The molecule has 0 aliphatic carbocycles. The highest BCUT2D eigenvalue weighted by molar-refractivity contribution is 7.98. The monoisotopic (exact) mass is 267 g/mol. The molecule has 4 heteroatoms. The predicted octanol–water partition coefficient (Wildman–Crippen LogP) is 2.64. The quantitative estimate of drug-likeness (QED) is 0.610. The predicted molar refractivity (Wildman–Crippen MR) is 76.1 cm³/mol. The molecule has 100 valence electrons. The molecule has 1 N–H and O–H groups in total. The Hall–Kier alpha value is -1.00. The van der Waals surface area contributed by atoms with Crippen molar-refractivity contribution in [1.82, 2.24) is 4.90 Å². The van der Waals surface area contributed by atoms with Gasteiger partial charge in [-0.2, -0.15) is 0 Å². The van der Waals surface area contributed by atoms with E-state index < -0.39 is 0 Å². The topological polar surface area (TPSA) is 40.5 Å². The van der Waals surface area contributed by atoms with Crippen molar-refractivity contribution in [3.63, 3.8) is 0 Å². The van der Waals surface area contributed by atoms with E-state index in [0.717, 1.165) is 36.3 Å². The van der Waals surface area contributed by atoms with Crippen LogP contribution >= 0.6 is 11.8 Å². The number of hydrogen-bond donors (Lipinski definition) is 1. The van der Waals surface area contributed by atoms with Crippen LogP contribution in [-0.2, 0) is 0 Å². The molecular formula is C14H21NO2S. The Labute approximate surface area is 113 Å². The number of amides is 1. The summed E-state index contributed by atoms with van der Waals surface area (Å²) in [7, 11) is 1.82. The molecule has 3 nitrogen and oxygen atoms in total. The summed E-state index contributed by atoms with van der Waals surface area (Å²) in [5.41, 5.74) is 0.734. The van der Waals surface area contributed by atoms with Crippen molar-refractivity contribution in [2.45, 2.75) is 24.2 Å². The first-order valence-electron chi connectivity index (χ1n) is 6.19. The van der Waals surface area contributed by atoms with E-state index in [1.165, 1.54) is 0 Å². The van der Waals surface area contributed by atoms with Gasteiger partial charge in [0.1, 0.15) is 0 Å². The van der Waals surface area contributed by atoms with Gasteiger partial charge in [-0.05, 0) is 49.8 Å². The zero-order valence-corrected chi connectivity index (χ0v) is 11.9. The van der Waals surface area contributed by atoms with Crippen LogP contribution in [0.4, 0.5) is 0 Å². The van der Waals surface area contributed by atoms with E-state index in [0.29, 0.717) is 0 Å². The Morgan fingerprint density at radius 3 is 2.44 bits per heavy atom. The van der Waals surface area contributed by atoms with Crippen molar-refractivity contribution in [3.05, 3.63) is 29.8 Å². The molecule has 0 saturated carbocycles. The average Bonchev–Trinajstić information content (AvgIpc) is 2.42. The van der Waals surface area contributed by atoms with Gasteiger partial charge in [-0.25, -0.2) is 0 Å². The lowest BCUT2D eigenvalue weighted by molar-refractivity contribution is 0.0792. The minimum absolute atomic E-state index is 0.0617. The fraction of sp³-hybridized carbons (Fsp3) is 0.500. The maximum Gasteiger partial charge on any atom is 0.253 e. The van der Waals surface area contributed by atoms with Crippen molar-refractivity contribution in [2.24, 2.45) is 0 Å². The zero-order chi connectivity index (χ0) is 13.4. The van der Waals surface area contributed by atoms with Crippen molar-refractivity contribution in [1.29, 1.82) is 0 Å². The second kappa shape index (κ2) is 8.16. The highest BCUT2D eigenvalue weighted by Crippen LogP contribution is 2.15. The Morgan fingerprint density at radius 2 is 1.89 bits per heavy atom. The van der Waals surface area contributed by atoms with E-state index in [2.05, 4.69) is 0 Å². The minimum atomic E-state index is 0.0617. The van der Waals surface area contributed by atoms with Crippen LogP contribution < -0.4 is 0 Å². The summed E-state index contributed by atoms with van der Waals surface area (Å²) in [4.78, 5) is 15.0. The van der Waals surface area contributed by atoms with Crippen LogP contribution in [0, 0.1) is 0 Å². The molecule has 0 aliphatic rings. The Bertz CT molecular complexity index is 365. The molecule has 1 amide bonds. The van der Waals surface area contributed by atoms with Crippen LogP contribution in [0.2, 0.25) is 0 Å². The largest absolute Gasteiger partial charge is 0.396 e. The van der Waals surface area contributed by atoms with Crippen LogP contribution in [-0.4, -0.2) is 42.4 Å². The van der Waals surface area contributed by atoms with Gasteiger partial charge in [-0.3, -0.25) is 4.79 Å². The van der Waals surface area contributed by atoms with E-state index in [1.807, 2.05) is 37.6 Å². The lowest BCUT2D eigenvalue weighted by Crippen LogP contribution is -2.27. The molecular weight excluding hydrogens is 246 g/mol. The van der Waals surface area contributed by atoms with Crippen molar-refractivity contribution in [3.8, 4) is 0 Å². The third kappa shape index (κ3) is 4.70. The number of aliphatic hydroxyl groups is 1. The third-order valence-electron chi connectivity index (χ3n) is 2.84. The Balaban J connectivity index is 2.46. The number of carbonyl (C=O) groups is 1. The van der Waals surface area contributed by atoms with E-state index in [4.69, 9.17) is 5.11 Å². The zero-order valence-electron chi connectivity index (χ0n) is 11.1. The summed E-state index contributed by atoms with van der Waals surface area (Å²) in [6.07, 6.45) is 4.72. The SMILES string of the molecule is CSc1ccc(C(=O)N(C)CCCCCO)cc1. The second-order valence-corrected chi connectivity index (χ2v) is 5.12. The van der Waals surface area contributed by atoms with Crippen LogP contribution in [0.25, 0.3) is 0 Å². The fourth-order valence-electron chi connectivity index (χ4n) is 1.69. The molecule has 1 aromatic carbocycles.